The topological polar surface area (TPSA) is 72.5 Å². The lowest BCUT2D eigenvalue weighted by Crippen LogP contribution is -2.10. The Hall–Kier alpha value is -3.06. The van der Waals surface area contributed by atoms with Gasteiger partial charge >= 0.3 is 0 Å². The number of carbonyl (C=O) groups excluding carboxylic acids is 1. The third-order valence-corrected chi connectivity index (χ3v) is 4.26. The number of amides is 1. The van der Waals surface area contributed by atoms with Crippen LogP contribution in [-0.2, 0) is 0 Å². The van der Waals surface area contributed by atoms with Gasteiger partial charge in [-0.05, 0) is 48.5 Å². The van der Waals surface area contributed by atoms with Crippen molar-refractivity contribution in [3.05, 3.63) is 60.3 Å². The summed E-state index contributed by atoms with van der Waals surface area (Å²) in [6.07, 6.45) is 1.62. The summed E-state index contributed by atoms with van der Waals surface area (Å²) in [5, 5.41) is 7.38. The number of aromatic nitrogens is 1. The predicted molar refractivity (Wildman–Crippen MR) is 99.3 cm³/mol. The predicted octanol–water partition coefficient (Wildman–Crippen LogP) is 4.16. The highest BCUT2D eigenvalue weighted by Crippen LogP contribution is 2.27. The van der Waals surface area contributed by atoms with Crippen LogP contribution in [-0.4, -0.2) is 25.1 Å². The first kappa shape index (κ1) is 16.8. The third kappa shape index (κ3) is 4.27. The number of methoxy groups -OCH3 is 2. The standard InChI is InChI=1S/C18H17N3O3S/c1-23-14-7-3-12(4-8-14)17(22)21-16-11-19-18(25-16)20-13-5-9-15(24-2)10-6-13/h3-11H,1-2H3,(H,19,20)(H,21,22). The van der Waals surface area contributed by atoms with E-state index in [2.05, 4.69) is 15.6 Å². The van der Waals surface area contributed by atoms with Crippen LogP contribution in [0.25, 0.3) is 0 Å². The van der Waals surface area contributed by atoms with Gasteiger partial charge in [0.1, 0.15) is 16.5 Å². The van der Waals surface area contributed by atoms with Crippen LogP contribution < -0.4 is 20.1 Å². The van der Waals surface area contributed by atoms with E-state index in [0.29, 0.717) is 21.4 Å². The van der Waals surface area contributed by atoms with E-state index in [1.807, 2.05) is 24.3 Å². The number of nitrogens with one attached hydrogen (secondary N) is 2. The molecule has 0 bridgehead atoms. The van der Waals surface area contributed by atoms with Crippen LogP contribution in [0.2, 0.25) is 0 Å². The van der Waals surface area contributed by atoms with Gasteiger partial charge < -0.3 is 20.1 Å². The van der Waals surface area contributed by atoms with Crippen molar-refractivity contribution in [3.63, 3.8) is 0 Å². The van der Waals surface area contributed by atoms with Gasteiger partial charge in [-0.15, -0.1) is 0 Å². The van der Waals surface area contributed by atoms with Crippen LogP contribution in [0, 0.1) is 0 Å². The molecule has 3 rings (SSSR count). The largest absolute Gasteiger partial charge is 0.497 e. The fourth-order valence-electron chi connectivity index (χ4n) is 2.11. The Labute approximate surface area is 149 Å². The number of hydrogen-bond acceptors (Lipinski definition) is 6. The average Bonchev–Trinajstić information content (AvgIpc) is 3.09. The van der Waals surface area contributed by atoms with Crippen molar-refractivity contribution in [1.29, 1.82) is 0 Å². The molecule has 7 heteroatoms. The second-order valence-electron chi connectivity index (χ2n) is 5.07. The van der Waals surface area contributed by atoms with Gasteiger partial charge in [-0.2, -0.15) is 0 Å². The van der Waals surface area contributed by atoms with Crippen LogP contribution in [0.15, 0.2) is 54.7 Å². The van der Waals surface area contributed by atoms with Crippen molar-refractivity contribution in [2.75, 3.05) is 24.9 Å². The number of ether oxygens (including phenoxy) is 2. The van der Waals surface area contributed by atoms with Gasteiger partial charge in [0, 0.05) is 11.3 Å². The van der Waals surface area contributed by atoms with Crippen LogP contribution >= 0.6 is 11.3 Å². The Balaban J connectivity index is 1.63. The number of anilines is 3. The number of rotatable bonds is 6. The summed E-state index contributed by atoms with van der Waals surface area (Å²) in [4.78, 5) is 16.5. The molecule has 0 radical (unpaired) electrons. The molecular weight excluding hydrogens is 338 g/mol. The highest BCUT2D eigenvalue weighted by Gasteiger charge is 2.09. The zero-order valence-electron chi connectivity index (χ0n) is 13.8. The molecule has 2 aromatic carbocycles. The van der Waals surface area contributed by atoms with E-state index in [-0.39, 0.29) is 5.91 Å². The summed E-state index contributed by atoms with van der Waals surface area (Å²) < 4.78 is 10.2. The zero-order chi connectivity index (χ0) is 17.6. The van der Waals surface area contributed by atoms with E-state index in [1.165, 1.54) is 11.3 Å². The third-order valence-electron chi connectivity index (χ3n) is 3.44. The highest BCUT2D eigenvalue weighted by molar-refractivity contribution is 7.19. The van der Waals surface area contributed by atoms with Crippen LogP contribution in [0.5, 0.6) is 11.5 Å². The van der Waals surface area contributed by atoms with Crippen LogP contribution in [0.4, 0.5) is 15.8 Å². The maximum absolute atomic E-state index is 12.2. The fraction of sp³-hybridized carbons (Fsp3) is 0.111. The van der Waals surface area contributed by atoms with Gasteiger partial charge in [0.25, 0.3) is 5.91 Å². The number of hydrogen-bond donors (Lipinski definition) is 2. The molecule has 1 amide bonds. The minimum atomic E-state index is -0.192. The van der Waals surface area contributed by atoms with Crippen molar-refractivity contribution >= 4 is 33.1 Å². The summed E-state index contributed by atoms with van der Waals surface area (Å²) >= 11 is 1.36. The maximum atomic E-state index is 12.2. The lowest BCUT2D eigenvalue weighted by atomic mass is 10.2. The molecule has 2 N–H and O–H groups in total. The van der Waals surface area contributed by atoms with E-state index >= 15 is 0 Å². The quantitative estimate of drug-likeness (QED) is 0.695. The fourth-order valence-corrected chi connectivity index (χ4v) is 2.85. The first-order valence-electron chi connectivity index (χ1n) is 7.50. The number of nitrogens with zero attached hydrogens (tertiary/aromatic N) is 1. The van der Waals surface area contributed by atoms with E-state index < -0.39 is 0 Å². The molecule has 0 aliphatic carbocycles. The maximum Gasteiger partial charge on any atom is 0.256 e. The molecule has 0 spiro atoms. The molecule has 0 fully saturated rings. The SMILES string of the molecule is COc1ccc(Nc2ncc(NC(=O)c3ccc(OC)cc3)s2)cc1. The number of thiazole rings is 1. The lowest BCUT2D eigenvalue weighted by Gasteiger charge is -2.04. The average molecular weight is 355 g/mol. The molecule has 0 atom stereocenters. The second-order valence-corrected chi connectivity index (χ2v) is 6.10. The minimum absolute atomic E-state index is 0.192. The highest BCUT2D eigenvalue weighted by atomic mass is 32.1. The zero-order valence-corrected chi connectivity index (χ0v) is 14.6. The molecule has 0 saturated heterocycles. The second kappa shape index (κ2) is 7.67. The van der Waals surface area contributed by atoms with Gasteiger partial charge in [0.15, 0.2) is 5.13 Å². The van der Waals surface area contributed by atoms with Crippen LogP contribution in [0.3, 0.4) is 0 Å². The molecule has 6 nitrogen and oxygen atoms in total. The van der Waals surface area contributed by atoms with Crippen molar-refractivity contribution < 1.29 is 14.3 Å². The summed E-state index contributed by atoms with van der Waals surface area (Å²) in [6, 6.07) is 14.4. The molecule has 0 aliphatic rings. The molecule has 0 saturated carbocycles. The van der Waals surface area contributed by atoms with Gasteiger partial charge in [-0.25, -0.2) is 4.98 Å². The van der Waals surface area contributed by atoms with Gasteiger partial charge in [0.05, 0.1) is 20.4 Å². The smallest absolute Gasteiger partial charge is 0.256 e. The Morgan fingerprint density at radius 3 is 2.16 bits per heavy atom. The summed E-state index contributed by atoms with van der Waals surface area (Å²) in [7, 11) is 3.21. The molecule has 0 aliphatic heterocycles. The van der Waals surface area contributed by atoms with Crippen molar-refractivity contribution in [3.8, 4) is 11.5 Å². The summed E-state index contributed by atoms with van der Waals surface area (Å²) in [5.74, 6) is 1.31. The first-order chi connectivity index (χ1) is 12.2. The van der Waals surface area contributed by atoms with E-state index in [1.54, 1.807) is 44.7 Å². The molecule has 1 aromatic heterocycles. The Kier molecular flexibility index (Phi) is 5.15. The first-order valence-corrected chi connectivity index (χ1v) is 8.32. The molecule has 0 unspecified atom stereocenters. The van der Waals surface area contributed by atoms with Crippen molar-refractivity contribution in [2.24, 2.45) is 0 Å². The number of benzene rings is 2. The molecule has 1 heterocycles. The molecular formula is C18H17N3O3S. The molecule has 128 valence electrons. The van der Waals surface area contributed by atoms with Crippen molar-refractivity contribution in [1.82, 2.24) is 4.98 Å². The molecule has 3 aromatic rings. The Morgan fingerprint density at radius 2 is 1.56 bits per heavy atom. The van der Waals surface area contributed by atoms with Crippen molar-refractivity contribution in [2.45, 2.75) is 0 Å². The monoisotopic (exact) mass is 355 g/mol. The summed E-state index contributed by atoms with van der Waals surface area (Å²) in [5.41, 5.74) is 1.45. The van der Waals surface area contributed by atoms with Gasteiger partial charge in [-0.1, -0.05) is 11.3 Å². The van der Waals surface area contributed by atoms with Gasteiger partial charge in [0.2, 0.25) is 0 Å². The minimum Gasteiger partial charge on any atom is -0.497 e. The van der Waals surface area contributed by atoms with Crippen LogP contribution in [0.1, 0.15) is 10.4 Å². The van der Waals surface area contributed by atoms with E-state index in [9.17, 15) is 4.79 Å². The lowest BCUT2D eigenvalue weighted by molar-refractivity contribution is 0.102. The van der Waals surface area contributed by atoms with Gasteiger partial charge in [-0.3, -0.25) is 4.79 Å². The van der Waals surface area contributed by atoms with E-state index in [0.717, 1.165) is 11.4 Å². The number of carbonyl (C=O) groups is 1. The van der Waals surface area contributed by atoms with E-state index in [4.69, 9.17) is 9.47 Å². The Morgan fingerprint density at radius 1 is 0.960 bits per heavy atom. The molecule has 25 heavy (non-hydrogen) atoms. The normalized spacial score (nSPS) is 10.2. The summed E-state index contributed by atoms with van der Waals surface area (Å²) in [6.45, 7) is 0. The Bertz CT molecular complexity index is 845.